The van der Waals surface area contributed by atoms with Crippen molar-refractivity contribution in [2.24, 2.45) is 22.6 Å². The van der Waals surface area contributed by atoms with Gasteiger partial charge in [0, 0.05) is 29.4 Å². The second-order valence-electron chi connectivity index (χ2n) is 8.70. The molecule has 3 amide bonds. The van der Waals surface area contributed by atoms with E-state index in [2.05, 4.69) is 10.3 Å². The second kappa shape index (κ2) is 10.00. The number of alkyl halides is 3. The Balaban J connectivity index is 1.73. The zero-order valence-electron chi connectivity index (χ0n) is 19.4. The number of ether oxygens (including phenoxy) is 1. The molecule has 0 aliphatic carbocycles. The van der Waals surface area contributed by atoms with Gasteiger partial charge in [0.2, 0.25) is 18.0 Å². The van der Waals surface area contributed by atoms with Crippen LogP contribution >= 0.6 is 0 Å². The number of halogens is 3. The summed E-state index contributed by atoms with van der Waals surface area (Å²) in [6.45, 7) is 1.71. The largest absolute Gasteiger partial charge is 0.490 e. The van der Waals surface area contributed by atoms with Crippen LogP contribution in [0.1, 0.15) is 30.9 Å². The molecule has 0 radical (unpaired) electrons. The lowest BCUT2D eigenvalue weighted by atomic mass is 9.88. The molecule has 0 saturated carbocycles. The van der Waals surface area contributed by atoms with E-state index in [1.165, 1.54) is 11.8 Å². The Morgan fingerprint density at radius 3 is 2.58 bits per heavy atom. The van der Waals surface area contributed by atoms with Crippen LogP contribution in [-0.4, -0.2) is 48.9 Å². The van der Waals surface area contributed by atoms with Gasteiger partial charge in [-0.1, -0.05) is 49.4 Å². The number of nitrogens with one attached hydrogen (secondary N) is 1. The molecule has 2 aromatic carbocycles. The van der Waals surface area contributed by atoms with E-state index in [0.717, 1.165) is 0 Å². The first kappa shape index (κ1) is 25.2. The van der Waals surface area contributed by atoms with Crippen LogP contribution in [0.25, 0.3) is 0 Å². The van der Waals surface area contributed by atoms with Gasteiger partial charge in [0.25, 0.3) is 5.91 Å². The Bertz CT molecular complexity index is 1200. The molecule has 3 N–H and O–H groups in total. The van der Waals surface area contributed by atoms with Gasteiger partial charge in [-0.2, -0.15) is 13.2 Å². The number of primary amides is 1. The topological polar surface area (TPSA) is 114 Å². The number of hydrogen-bond donors (Lipinski definition) is 2. The number of carbonyl (C=O) groups excluding carboxylic acids is 3. The van der Waals surface area contributed by atoms with Crippen molar-refractivity contribution < 1.29 is 32.3 Å². The highest BCUT2D eigenvalue weighted by Gasteiger charge is 2.40. The fraction of sp³-hybridized carbons (Fsp3) is 0.360. The number of nitrogens with two attached hydrogens (primary N) is 1. The number of hydrogen-bond acceptors (Lipinski definition) is 5. The highest BCUT2D eigenvalue weighted by atomic mass is 19.4. The van der Waals surface area contributed by atoms with Crippen LogP contribution in [0.15, 0.2) is 53.5 Å². The van der Waals surface area contributed by atoms with Crippen LogP contribution in [0.4, 0.5) is 18.9 Å². The summed E-state index contributed by atoms with van der Waals surface area (Å²) in [5, 5.41) is 2.49. The van der Waals surface area contributed by atoms with E-state index >= 15 is 0 Å². The maximum Gasteiger partial charge on any atom is 0.389 e. The first-order chi connectivity index (χ1) is 17.1. The molecule has 3 unspecified atom stereocenters. The second-order valence-corrected chi connectivity index (χ2v) is 8.70. The Hall–Kier alpha value is -3.89. The Morgan fingerprint density at radius 2 is 1.92 bits per heavy atom. The van der Waals surface area contributed by atoms with E-state index in [1.807, 2.05) is 6.07 Å². The van der Waals surface area contributed by atoms with Crippen molar-refractivity contribution in [1.82, 2.24) is 5.32 Å². The Morgan fingerprint density at radius 1 is 1.19 bits per heavy atom. The van der Waals surface area contributed by atoms with Gasteiger partial charge in [-0.15, -0.1) is 0 Å². The predicted octanol–water partition coefficient (Wildman–Crippen LogP) is 2.79. The molecule has 3 atom stereocenters. The summed E-state index contributed by atoms with van der Waals surface area (Å²) in [6, 6.07) is 14.3. The molecule has 0 spiro atoms. The highest BCUT2D eigenvalue weighted by Crippen LogP contribution is 2.38. The molecule has 190 valence electrons. The van der Waals surface area contributed by atoms with Crippen LogP contribution < -0.4 is 20.7 Å². The minimum absolute atomic E-state index is 0.196. The van der Waals surface area contributed by atoms with Crippen LogP contribution in [-0.2, 0) is 14.4 Å². The van der Waals surface area contributed by atoms with Crippen molar-refractivity contribution in [3.63, 3.8) is 0 Å². The Labute approximate surface area is 205 Å². The summed E-state index contributed by atoms with van der Waals surface area (Å²) in [4.78, 5) is 44.5. The van der Waals surface area contributed by atoms with Gasteiger partial charge < -0.3 is 20.7 Å². The number of para-hydroxylation sites is 1. The van der Waals surface area contributed by atoms with Gasteiger partial charge in [0.15, 0.2) is 0 Å². The third-order valence-electron chi connectivity index (χ3n) is 6.31. The molecule has 4 rings (SSSR count). The standard InChI is InChI=1S/C25H25F3N4O4/c1-14(21(29)33)16(10-11-25(26,27)28)23(34)31-22-24(35)32-12-13-36-18-9-5-8-17(20(18)32)19(30-22)15-6-3-2-4-7-15/h2-9,14,16,22H,10-13H2,1H3,(H2,29,33)(H,31,34). The van der Waals surface area contributed by atoms with E-state index in [4.69, 9.17) is 10.5 Å². The van der Waals surface area contributed by atoms with E-state index in [0.29, 0.717) is 28.3 Å². The average molecular weight is 502 g/mol. The predicted molar refractivity (Wildman–Crippen MR) is 125 cm³/mol. The molecule has 0 bridgehead atoms. The molecular weight excluding hydrogens is 477 g/mol. The van der Waals surface area contributed by atoms with Gasteiger partial charge >= 0.3 is 6.18 Å². The zero-order chi connectivity index (χ0) is 26.0. The number of nitrogens with zero attached hydrogens (tertiary/aromatic N) is 2. The van der Waals surface area contributed by atoms with Crippen molar-refractivity contribution in [3.05, 3.63) is 59.7 Å². The molecule has 2 aliphatic heterocycles. The lowest BCUT2D eigenvalue weighted by Crippen LogP contribution is -2.52. The third kappa shape index (κ3) is 5.19. The smallest absolute Gasteiger partial charge is 0.389 e. The number of amides is 3. The average Bonchev–Trinajstić information content (AvgIpc) is 2.96. The molecule has 0 saturated heterocycles. The minimum atomic E-state index is -4.53. The highest BCUT2D eigenvalue weighted by molar-refractivity contribution is 6.21. The third-order valence-corrected chi connectivity index (χ3v) is 6.31. The fourth-order valence-corrected chi connectivity index (χ4v) is 4.38. The summed E-state index contributed by atoms with van der Waals surface area (Å²) in [5.74, 6) is -4.47. The molecule has 11 heteroatoms. The number of rotatable bonds is 7. The van der Waals surface area contributed by atoms with Crippen molar-refractivity contribution in [2.45, 2.75) is 32.1 Å². The quantitative estimate of drug-likeness (QED) is 0.606. The van der Waals surface area contributed by atoms with Gasteiger partial charge in [0.05, 0.1) is 17.9 Å². The Kier molecular flexibility index (Phi) is 7.00. The molecule has 8 nitrogen and oxygen atoms in total. The monoisotopic (exact) mass is 502 g/mol. The van der Waals surface area contributed by atoms with Gasteiger partial charge in [0.1, 0.15) is 12.4 Å². The molecule has 36 heavy (non-hydrogen) atoms. The summed E-state index contributed by atoms with van der Waals surface area (Å²) in [5.41, 5.74) is 7.51. The fourth-order valence-electron chi connectivity index (χ4n) is 4.38. The normalized spacial score (nSPS) is 18.8. The lowest BCUT2D eigenvalue weighted by Gasteiger charge is -2.31. The summed E-state index contributed by atoms with van der Waals surface area (Å²) in [6.07, 6.45) is -7.90. The summed E-state index contributed by atoms with van der Waals surface area (Å²) < 4.78 is 44.5. The lowest BCUT2D eigenvalue weighted by molar-refractivity contribution is -0.146. The maximum atomic E-state index is 13.6. The van der Waals surface area contributed by atoms with Gasteiger partial charge in [-0.25, -0.2) is 4.99 Å². The number of aliphatic imine (C=N–C) groups is 1. The van der Waals surface area contributed by atoms with Crippen molar-refractivity contribution in [1.29, 1.82) is 0 Å². The number of benzene rings is 2. The summed E-state index contributed by atoms with van der Waals surface area (Å²) in [7, 11) is 0. The van der Waals surface area contributed by atoms with Gasteiger partial charge in [-0.05, 0) is 12.5 Å². The van der Waals surface area contributed by atoms with Crippen molar-refractivity contribution in [3.8, 4) is 5.75 Å². The maximum absolute atomic E-state index is 13.6. The van der Waals surface area contributed by atoms with E-state index in [1.54, 1.807) is 42.5 Å². The van der Waals surface area contributed by atoms with Crippen LogP contribution in [0, 0.1) is 11.8 Å². The van der Waals surface area contributed by atoms with E-state index in [-0.39, 0.29) is 13.2 Å². The van der Waals surface area contributed by atoms with Gasteiger partial charge in [-0.3, -0.25) is 14.4 Å². The molecule has 2 aromatic rings. The molecule has 0 aromatic heterocycles. The van der Waals surface area contributed by atoms with Crippen LogP contribution in [0.5, 0.6) is 5.75 Å². The van der Waals surface area contributed by atoms with E-state index < -0.39 is 54.7 Å². The van der Waals surface area contributed by atoms with Crippen molar-refractivity contribution in [2.75, 3.05) is 18.1 Å². The van der Waals surface area contributed by atoms with E-state index in [9.17, 15) is 27.6 Å². The first-order valence-corrected chi connectivity index (χ1v) is 11.4. The van der Waals surface area contributed by atoms with Crippen LogP contribution in [0.2, 0.25) is 0 Å². The SMILES string of the molecule is CC(C(N)=O)C(CCC(F)(F)F)C(=O)NC1N=C(c2ccccc2)c2cccc3c2N(CCO3)C1=O. The number of carbonyl (C=O) groups is 3. The first-order valence-electron chi connectivity index (χ1n) is 11.4. The minimum Gasteiger partial charge on any atom is -0.490 e. The molecule has 2 aliphatic rings. The molecule has 0 fully saturated rings. The number of anilines is 1. The molecular formula is C25H25F3N4O4. The zero-order valence-corrected chi connectivity index (χ0v) is 19.4. The molecule has 2 heterocycles. The summed E-state index contributed by atoms with van der Waals surface area (Å²) >= 11 is 0. The van der Waals surface area contributed by atoms with Crippen molar-refractivity contribution >= 4 is 29.1 Å². The van der Waals surface area contributed by atoms with Crippen LogP contribution in [0.3, 0.4) is 0 Å².